The predicted molar refractivity (Wildman–Crippen MR) is 111 cm³/mol. The summed E-state index contributed by atoms with van der Waals surface area (Å²) in [6.45, 7) is 1.92. The molecule has 8 nitrogen and oxygen atoms in total. The fraction of sp³-hybridized carbons (Fsp3) is 0.0500. The van der Waals surface area contributed by atoms with Gasteiger partial charge in [-0.1, -0.05) is 39.7 Å². The minimum absolute atomic E-state index is 0.101. The van der Waals surface area contributed by atoms with Crippen LogP contribution in [0.25, 0.3) is 17.0 Å². The Labute approximate surface area is 178 Å². The van der Waals surface area contributed by atoms with E-state index in [1.54, 1.807) is 30.3 Å². The molecule has 0 saturated heterocycles. The van der Waals surface area contributed by atoms with E-state index in [9.17, 15) is 9.90 Å². The van der Waals surface area contributed by atoms with Crippen molar-refractivity contribution in [3.63, 3.8) is 0 Å². The molecule has 2 aromatic carbocycles. The fourth-order valence-corrected chi connectivity index (χ4v) is 4.08. The molecule has 148 valence electrons. The first kappa shape index (κ1) is 18.5. The molecule has 1 amide bonds. The molecule has 0 saturated carbocycles. The molecule has 0 spiro atoms. The number of nitrogens with one attached hydrogen (secondary N) is 1. The number of benzene rings is 2. The second-order valence-electron chi connectivity index (χ2n) is 6.53. The number of thiazole rings is 1. The van der Waals surface area contributed by atoms with Gasteiger partial charge in [0.2, 0.25) is 11.8 Å². The summed E-state index contributed by atoms with van der Waals surface area (Å²) < 4.78 is 5.60. The van der Waals surface area contributed by atoms with Gasteiger partial charge in [0.25, 0.3) is 5.91 Å². The quantitative estimate of drug-likeness (QED) is 0.504. The number of aryl methyl sites for hydroxylation is 1. The van der Waals surface area contributed by atoms with E-state index in [1.807, 2.05) is 19.1 Å². The molecule has 0 aliphatic carbocycles. The summed E-state index contributed by atoms with van der Waals surface area (Å²) in [5, 5.41) is 23.3. The lowest BCUT2D eigenvalue weighted by Crippen LogP contribution is -2.23. The van der Waals surface area contributed by atoms with Gasteiger partial charge in [-0.15, -0.1) is 5.10 Å². The van der Waals surface area contributed by atoms with Crippen molar-refractivity contribution in [2.45, 2.75) is 6.92 Å². The molecule has 4 aromatic rings. The van der Waals surface area contributed by atoms with Crippen LogP contribution in [0.4, 0.5) is 11.1 Å². The molecule has 0 bridgehead atoms. The normalized spacial score (nSPS) is 12.7. The van der Waals surface area contributed by atoms with E-state index >= 15 is 0 Å². The summed E-state index contributed by atoms with van der Waals surface area (Å²) in [6, 6.07) is 12.6. The van der Waals surface area contributed by atoms with E-state index in [-0.39, 0.29) is 11.9 Å². The number of hydrogen-bond acceptors (Lipinski definition) is 8. The first-order valence-electron chi connectivity index (χ1n) is 8.78. The van der Waals surface area contributed by atoms with Crippen LogP contribution in [0.5, 0.6) is 5.88 Å². The molecular weight excluding hydrogens is 426 g/mol. The number of halogens is 1. The maximum Gasteiger partial charge on any atom is 0.322 e. The predicted octanol–water partition coefficient (Wildman–Crippen LogP) is 2.96. The summed E-state index contributed by atoms with van der Waals surface area (Å²) in [7, 11) is 0. The van der Waals surface area contributed by atoms with Crippen molar-refractivity contribution in [3.8, 4) is 17.3 Å². The zero-order valence-electron chi connectivity index (χ0n) is 15.4. The van der Waals surface area contributed by atoms with Crippen molar-refractivity contribution < 1.29 is 14.3 Å². The highest BCUT2D eigenvalue weighted by Crippen LogP contribution is 2.35. The number of anilines is 2. The molecule has 30 heavy (non-hydrogen) atoms. The molecule has 10 heteroatoms. The van der Waals surface area contributed by atoms with Gasteiger partial charge in [0, 0.05) is 15.8 Å². The lowest BCUT2D eigenvalue weighted by atomic mass is 10.1. The topological polar surface area (TPSA) is 114 Å². The van der Waals surface area contributed by atoms with E-state index in [1.165, 1.54) is 0 Å². The monoisotopic (exact) mass is 437 g/mol. The molecule has 1 aliphatic rings. The van der Waals surface area contributed by atoms with Crippen molar-refractivity contribution in [3.05, 3.63) is 68.5 Å². The van der Waals surface area contributed by atoms with E-state index in [4.69, 9.17) is 16.0 Å². The largest absolute Gasteiger partial charge is 0.492 e. The zero-order chi connectivity index (χ0) is 20.8. The van der Waals surface area contributed by atoms with Crippen LogP contribution in [0.15, 0.2) is 51.9 Å². The van der Waals surface area contributed by atoms with Crippen LogP contribution in [0.3, 0.4) is 0 Å². The van der Waals surface area contributed by atoms with Crippen LogP contribution in [-0.4, -0.2) is 26.2 Å². The maximum atomic E-state index is 12.4. The summed E-state index contributed by atoms with van der Waals surface area (Å²) in [5.74, 6) is -0.379. The van der Waals surface area contributed by atoms with Crippen LogP contribution in [-0.2, 0) is 4.79 Å². The number of nitrogens with zero attached hydrogens (tertiary/aromatic N) is 4. The number of hydrogen-bond donors (Lipinski definition) is 2. The SMILES string of the molecule is Cc1ccc2c(c1)=C(c1sc(Nc3nnc(-c4ccc(Cl)cc4)o3)nc1O)C(=O)N=2. The molecule has 5 rings (SSSR count). The number of aromatic hydroxyl groups is 1. The van der Waals surface area contributed by atoms with Gasteiger partial charge in [-0.2, -0.15) is 4.98 Å². The molecule has 0 fully saturated rings. The molecule has 0 atom stereocenters. The van der Waals surface area contributed by atoms with Crippen LogP contribution >= 0.6 is 22.9 Å². The summed E-state index contributed by atoms with van der Waals surface area (Å²) in [5.41, 5.74) is 2.02. The van der Waals surface area contributed by atoms with Crippen LogP contribution in [0, 0.1) is 6.92 Å². The van der Waals surface area contributed by atoms with Crippen molar-refractivity contribution in [2.24, 2.45) is 4.99 Å². The van der Waals surface area contributed by atoms with E-state index in [0.29, 0.717) is 42.6 Å². The number of fused-ring (bicyclic) bond motifs is 1. The van der Waals surface area contributed by atoms with Gasteiger partial charge < -0.3 is 9.52 Å². The highest BCUT2D eigenvalue weighted by Gasteiger charge is 2.25. The van der Waals surface area contributed by atoms with Gasteiger partial charge in [-0.05, 0) is 43.3 Å². The van der Waals surface area contributed by atoms with Gasteiger partial charge >= 0.3 is 6.01 Å². The Kier molecular flexibility index (Phi) is 4.34. The van der Waals surface area contributed by atoms with Crippen LogP contribution in [0.2, 0.25) is 5.02 Å². The van der Waals surface area contributed by atoms with Crippen LogP contribution < -0.4 is 15.9 Å². The van der Waals surface area contributed by atoms with Crippen molar-refractivity contribution in [1.82, 2.24) is 15.2 Å². The molecule has 0 unspecified atom stereocenters. The van der Waals surface area contributed by atoms with Gasteiger partial charge in [-0.3, -0.25) is 10.1 Å². The van der Waals surface area contributed by atoms with Crippen molar-refractivity contribution >= 4 is 45.6 Å². The number of carbonyl (C=O) groups excluding carboxylic acids is 1. The second-order valence-corrected chi connectivity index (χ2v) is 7.96. The molecular formula is C20H12ClN5O3S. The first-order valence-corrected chi connectivity index (χ1v) is 9.98. The number of amides is 1. The van der Waals surface area contributed by atoms with Crippen molar-refractivity contribution in [2.75, 3.05) is 5.32 Å². The Balaban J connectivity index is 1.47. The Bertz CT molecular complexity index is 1430. The molecule has 2 aromatic heterocycles. The van der Waals surface area contributed by atoms with Gasteiger partial charge in [-0.25, -0.2) is 4.99 Å². The Hall–Kier alpha value is -3.56. The smallest absolute Gasteiger partial charge is 0.322 e. The number of carbonyl (C=O) groups is 1. The number of aromatic nitrogens is 3. The molecule has 2 N–H and O–H groups in total. The second kappa shape index (κ2) is 7.05. The van der Waals surface area contributed by atoms with Crippen LogP contribution in [0.1, 0.15) is 10.4 Å². The third-order valence-corrected chi connectivity index (χ3v) is 5.65. The third kappa shape index (κ3) is 3.23. The highest BCUT2D eigenvalue weighted by molar-refractivity contribution is 7.17. The average Bonchev–Trinajstić information content (AvgIpc) is 3.39. The Morgan fingerprint density at radius 3 is 2.73 bits per heavy atom. The van der Waals surface area contributed by atoms with E-state index in [0.717, 1.165) is 16.9 Å². The van der Waals surface area contributed by atoms with Crippen molar-refractivity contribution in [1.29, 1.82) is 0 Å². The number of rotatable bonds is 4. The van der Waals surface area contributed by atoms with Gasteiger partial charge in [0.1, 0.15) is 4.88 Å². The fourth-order valence-electron chi connectivity index (χ4n) is 3.05. The highest BCUT2D eigenvalue weighted by atomic mass is 35.5. The standard InChI is InChI=1S/C20H12ClN5O3S/c1-9-2-7-13-12(8-9)14(16(27)22-13)15-17(28)23-20(30-15)24-19-26-25-18(29-19)10-3-5-11(21)6-4-10/h2-8,28H,1H3,(H,23,24,26). The Morgan fingerprint density at radius 1 is 1.13 bits per heavy atom. The summed E-state index contributed by atoms with van der Waals surface area (Å²) >= 11 is 6.99. The Morgan fingerprint density at radius 2 is 1.93 bits per heavy atom. The summed E-state index contributed by atoms with van der Waals surface area (Å²) in [6.07, 6.45) is 0. The first-order chi connectivity index (χ1) is 14.5. The average molecular weight is 438 g/mol. The third-order valence-electron chi connectivity index (χ3n) is 4.42. The minimum Gasteiger partial charge on any atom is -0.492 e. The summed E-state index contributed by atoms with van der Waals surface area (Å²) in [4.78, 5) is 20.9. The van der Waals surface area contributed by atoms with E-state index in [2.05, 4.69) is 25.5 Å². The molecule has 1 aliphatic heterocycles. The van der Waals surface area contributed by atoms with Gasteiger partial charge in [0.05, 0.1) is 10.9 Å². The lowest BCUT2D eigenvalue weighted by Gasteiger charge is -1.96. The molecule has 3 heterocycles. The minimum atomic E-state index is -0.413. The maximum absolute atomic E-state index is 12.4. The molecule has 0 radical (unpaired) electrons. The van der Waals surface area contributed by atoms with Gasteiger partial charge in [0.15, 0.2) is 5.13 Å². The van der Waals surface area contributed by atoms with E-state index < -0.39 is 5.91 Å². The zero-order valence-corrected chi connectivity index (χ0v) is 17.0. The lowest BCUT2D eigenvalue weighted by molar-refractivity contribution is -0.112.